The van der Waals surface area contributed by atoms with Crippen LogP contribution in [0.1, 0.15) is 26.7 Å². The highest BCUT2D eigenvalue weighted by Crippen LogP contribution is 2.32. The Morgan fingerprint density at radius 1 is 1.56 bits per heavy atom. The molecule has 6 heteroatoms. The second-order valence-corrected chi connectivity index (χ2v) is 5.31. The summed E-state index contributed by atoms with van der Waals surface area (Å²) in [5.41, 5.74) is 4.26. The SMILES string of the molecule is C[C@H]1C[C@@H]1NC(=O)C1=CNC(=O)C(C)(C(N)=O)C1. The molecule has 1 aliphatic heterocycles. The summed E-state index contributed by atoms with van der Waals surface area (Å²) in [7, 11) is 0. The molecule has 3 amide bonds. The Labute approximate surface area is 105 Å². The predicted molar refractivity (Wildman–Crippen MR) is 63.9 cm³/mol. The van der Waals surface area contributed by atoms with Crippen LogP contribution >= 0.6 is 0 Å². The molecular weight excluding hydrogens is 234 g/mol. The molecule has 6 nitrogen and oxygen atoms in total. The van der Waals surface area contributed by atoms with Crippen molar-refractivity contribution in [2.24, 2.45) is 17.1 Å². The summed E-state index contributed by atoms with van der Waals surface area (Å²) >= 11 is 0. The fourth-order valence-corrected chi connectivity index (χ4v) is 1.95. The number of nitrogens with two attached hydrogens (primary N) is 1. The molecule has 98 valence electrons. The number of amides is 3. The zero-order valence-electron chi connectivity index (χ0n) is 10.4. The third-order valence-electron chi connectivity index (χ3n) is 3.68. The lowest BCUT2D eigenvalue weighted by atomic mass is 9.80. The van der Waals surface area contributed by atoms with Gasteiger partial charge in [0.25, 0.3) is 0 Å². The van der Waals surface area contributed by atoms with Gasteiger partial charge in [0, 0.05) is 24.2 Å². The molecule has 0 aromatic heterocycles. The summed E-state index contributed by atoms with van der Waals surface area (Å²) in [5, 5.41) is 5.28. The quantitative estimate of drug-likeness (QED) is 0.584. The average Bonchev–Trinajstić information content (AvgIpc) is 2.98. The Morgan fingerprint density at radius 3 is 2.67 bits per heavy atom. The summed E-state index contributed by atoms with van der Waals surface area (Å²) < 4.78 is 0. The lowest BCUT2D eigenvalue weighted by Gasteiger charge is -2.28. The van der Waals surface area contributed by atoms with Crippen LogP contribution in [0.3, 0.4) is 0 Å². The maximum absolute atomic E-state index is 11.9. The van der Waals surface area contributed by atoms with Gasteiger partial charge in [-0.3, -0.25) is 14.4 Å². The van der Waals surface area contributed by atoms with Crippen LogP contribution in [0.25, 0.3) is 0 Å². The van der Waals surface area contributed by atoms with E-state index in [1.807, 2.05) is 0 Å². The number of carbonyl (C=O) groups excluding carboxylic acids is 3. The van der Waals surface area contributed by atoms with Crippen molar-refractivity contribution in [3.05, 3.63) is 11.8 Å². The maximum Gasteiger partial charge on any atom is 0.248 e. The van der Waals surface area contributed by atoms with Crippen LogP contribution in [0.15, 0.2) is 11.8 Å². The minimum atomic E-state index is -1.35. The van der Waals surface area contributed by atoms with Crippen LogP contribution in [0.4, 0.5) is 0 Å². The molecule has 0 aromatic carbocycles. The van der Waals surface area contributed by atoms with Crippen molar-refractivity contribution in [3.63, 3.8) is 0 Å². The summed E-state index contributed by atoms with van der Waals surface area (Å²) in [6, 6.07) is 0.205. The molecule has 1 saturated carbocycles. The molecule has 1 fully saturated rings. The maximum atomic E-state index is 11.9. The summed E-state index contributed by atoms with van der Waals surface area (Å²) in [6.45, 7) is 3.50. The van der Waals surface area contributed by atoms with E-state index in [9.17, 15) is 14.4 Å². The Balaban J connectivity index is 2.08. The zero-order chi connectivity index (χ0) is 13.5. The van der Waals surface area contributed by atoms with Gasteiger partial charge >= 0.3 is 0 Å². The number of hydrogen-bond acceptors (Lipinski definition) is 3. The Kier molecular flexibility index (Phi) is 2.88. The Bertz CT molecular complexity index is 457. The monoisotopic (exact) mass is 251 g/mol. The van der Waals surface area contributed by atoms with Crippen molar-refractivity contribution in [2.45, 2.75) is 32.7 Å². The van der Waals surface area contributed by atoms with E-state index in [1.165, 1.54) is 13.1 Å². The molecule has 1 heterocycles. The van der Waals surface area contributed by atoms with E-state index in [0.29, 0.717) is 11.5 Å². The van der Waals surface area contributed by atoms with E-state index in [-0.39, 0.29) is 18.4 Å². The van der Waals surface area contributed by atoms with Crippen LogP contribution < -0.4 is 16.4 Å². The van der Waals surface area contributed by atoms with E-state index in [1.54, 1.807) is 0 Å². The van der Waals surface area contributed by atoms with Crippen LogP contribution in [0.2, 0.25) is 0 Å². The Hall–Kier alpha value is -1.85. The first-order chi connectivity index (χ1) is 8.34. The van der Waals surface area contributed by atoms with Gasteiger partial charge < -0.3 is 16.4 Å². The molecular formula is C12H17N3O3. The highest BCUT2D eigenvalue weighted by atomic mass is 16.2. The standard InChI is InChI=1S/C12H17N3O3/c1-6-3-8(6)15-9(16)7-4-12(2,10(13)17)11(18)14-5-7/h5-6,8H,3-4H2,1-2H3,(H2,13,17)(H,14,18)(H,15,16)/t6-,8-,12?/m0/s1. The van der Waals surface area contributed by atoms with Gasteiger partial charge in [-0.05, 0) is 19.3 Å². The predicted octanol–water partition coefficient (Wildman–Crippen LogP) is -0.594. The van der Waals surface area contributed by atoms with Gasteiger partial charge in [-0.1, -0.05) is 6.92 Å². The van der Waals surface area contributed by atoms with Gasteiger partial charge in [0.2, 0.25) is 17.7 Å². The topological polar surface area (TPSA) is 101 Å². The molecule has 3 atom stereocenters. The molecule has 0 aromatic rings. The minimum absolute atomic E-state index is 0.0428. The fourth-order valence-electron chi connectivity index (χ4n) is 1.95. The van der Waals surface area contributed by atoms with Crippen molar-refractivity contribution in [3.8, 4) is 0 Å². The lowest BCUT2D eigenvalue weighted by molar-refractivity contribution is -0.140. The summed E-state index contributed by atoms with van der Waals surface area (Å²) in [4.78, 5) is 34.9. The number of nitrogens with one attached hydrogen (secondary N) is 2. The molecule has 2 aliphatic rings. The molecule has 0 bridgehead atoms. The van der Waals surface area contributed by atoms with Gasteiger partial charge in [-0.2, -0.15) is 0 Å². The molecule has 0 saturated heterocycles. The van der Waals surface area contributed by atoms with E-state index in [0.717, 1.165) is 6.42 Å². The number of hydrogen-bond donors (Lipinski definition) is 3. The second-order valence-electron chi connectivity index (χ2n) is 5.31. The lowest BCUT2D eigenvalue weighted by Crippen LogP contribution is -2.50. The van der Waals surface area contributed by atoms with E-state index in [4.69, 9.17) is 5.73 Å². The molecule has 4 N–H and O–H groups in total. The normalized spacial score (nSPS) is 34.3. The first kappa shape index (κ1) is 12.6. The van der Waals surface area contributed by atoms with Gasteiger partial charge in [-0.25, -0.2) is 0 Å². The number of carbonyl (C=O) groups is 3. The van der Waals surface area contributed by atoms with Crippen molar-refractivity contribution in [1.29, 1.82) is 0 Å². The van der Waals surface area contributed by atoms with E-state index < -0.39 is 17.2 Å². The van der Waals surface area contributed by atoms with Gasteiger partial charge in [0.15, 0.2) is 0 Å². The Morgan fingerprint density at radius 2 is 2.17 bits per heavy atom. The van der Waals surface area contributed by atoms with Crippen LogP contribution in [0.5, 0.6) is 0 Å². The van der Waals surface area contributed by atoms with Gasteiger partial charge in [0.1, 0.15) is 5.41 Å². The summed E-state index contributed by atoms with van der Waals surface area (Å²) in [6.07, 6.45) is 2.37. The third-order valence-corrected chi connectivity index (χ3v) is 3.68. The first-order valence-electron chi connectivity index (χ1n) is 5.95. The molecule has 0 radical (unpaired) electrons. The molecule has 2 rings (SSSR count). The minimum Gasteiger partial charge on any atom is -0.369 e. The van der Waals surface area contributed by atoms with E-state index >= 15 is 0 Å². The fraction of sp³-hybridized carbons (Fsp3) is 0.583. The van der Waals surface area contributed by atoms with Crippen molar-refractivity contribution >= 4 is 17.7 Å². The van der Waals surface area contributed by atoms with Crippen LogP contribution in [0, 0.1) is 11.3 Å². The molecule has 1 unspecified atom stereocenters. The molecule has 0 spiro atoms. The van der Waals surface area contributed by atoms with Crippen molar-refractivity contribution in [2.75, 3.05) is 0 Å². The van der Waals surface area contributed by atoms with Gasteiger partial charge in [0.05, 0.1) is 0 Å². The van der Waals surface area contributed by atoms with Crippen LogP contribution in [-0.2, 0) is 14.4 Å². The van der Waals surface area contributed by atoms with Crippen molar-refractivity contribution in [1.82, 2.24) is 10.6 Å². The smallest absolute Gasteiger partial charge is 0.248 e. The average molecular weight is 251 g/mol. The number of primary amides is 1. The zero-order valence-corrected chi connectivity index (χ0v) is 10.4. The van der Waals surface area contributed by atoms with E-state index in [2.05, 4.69) is 17.6 Å². The highest BCUT2D eigenvalue weighted by molar-refractivity contribution is 6.08. The highest BCUT2D eigenvalue weighted by Gasteiger charge is 2.44. The number of rotatable bonds is 3. The summed E-state index contributed by atoms with van der Waals surface area (Å²) in [5.74, 6) is -0.934. The second kappa shape index (κ2) is 4.12. The molecule has 1 aliphatic carbocycles. The third kappa shape index (κ3) is 2.10. The molecule has 18 heavy (non-hydrogen) atoms. The van der Waals surface area contributed by atoms with Crippen LogP contribution in [-0.4, -0.2) is 23.8 Å². The van der Waals surface area contributed by atoms with Crippen molar-refractivity contribution < 1.29 is 14.4 Å². The first-order valence-corrected chi connectivity index (χ1v) is 5.95. The largest absolute Gasteiger partial charge is 0.369 e. The van der Waals surface area contributed by atoms with Gasteiger partial charge in [-0.15, -0.1) is 0 Å².